The summed E-state index contributed by atoms with van der Waals surface area (Å²) in [5.41, 5.74) is 16.8. The highest BCUT2D eigenvalue weighted by molar-refractivity contribution is 8.00. The second-order valence-corrected chi connectivity index (χ2v) is 22.0. The van der Waals surface area contributed by atoms with Gasteiger partial charge in [0, 0.05) is 59.7 Å². The van der Waals surface area contributed by atoms with E-state index in [1.54, 1.807) is 6.26 Å². The first kappa shape index (κ1) is 59.0. The Bertz CT molecular complexity index is 2070. The molecule has 8 N–H and O–H groups in total. The quantitative estimate of drug-likeness (QED) is 0.0150. The summed E-state index contributed by atoms with van der Waals surface area (Å²) in [6.45, 7) is 37.3. The fourth-order valence-electron chi connectivity index (χ4n) is 11.7. The van der Waals surface area contributed by atoms with E-state index >= 15 is 0 Å². The minimum atomic E-state index is 0. The van der Waals surface area contributed by atoms with E-state index in [9.17, 15) is 0 Å². The van der Waals surface area contributed by atoms with Crippen LogP contribution < -0.4 is 27.5 Å². The van der Waals surface area contributed by atoms with Crippen LogP contribution in [0.5, 0.6) is 0 Å². The molecule has 0 saturated heterocycles. The topological polar surface area (TPSA) is 118 Å². The molecule has 68 heavy (non-hydrogen) atoms. The van der Waals surface area contributed by atoms with Crippen molar-refractivity contribution in [3.63, 3.8) is 0 Å². The third-order valence-electron chi connectivity index (χ3n) is 15.5. The molecule has 2 aliphatic carbocycles. The number of benzene rings is 2. The summed E-state index contributed by atoms with van der Waals surface area (Å²) in [7, 11) is 2.18. The van der Waals surface area contributed by atoms with Crippen LogP contribution in [0.3, 0.4) is 0 Å². The number of aryl methyl sites for hydroxylation is 2. The molecule has 0 amide bonds. The zero-order valence-corrected chi connectivity index (χ0v) is 46.1. The summed E-state index contributed by atoms with van der Waals surface area (Å²) in [6.07, 6.45) is 22.3. The minimum Gasteiger partial charge on any atom is -0.370 e. The van der Waals surface area contributed by atoms with Crippen LogP contribution in [0.2, 0.25) is 0 Å². The molecular formula is C59H95N7S2. The maximum Gasteiger partial charge on any atom is 0.0629 e. The summed E-state index contributed by atoms with van der Waals surface area (Å²) in [5.74, 6) is 7.68. The highest BCUT2D eigenvalue weighted by Crippen LogP contribution is 2.59. The molecule has 0 radical (unpaired) electrons. The van der Waals surface area contributed by atoms with Crippen LogP contribution in [0.1, 0.15) is 178 Å². The second-order valence-electron chi connectivity index (χ2n) is 21.2. The summed E-state index contributed by atoms with van der Waals surface area (Å²) in [4.78, 5) is 11.1. The van der Waals surface area contributed by atoms with Crippen LogP contribution in [0.25, 0.3) is 11.1 Å². The Kier molecular flexibility index (Phi) is 24.2. The number of allylic oxidation sites excluding steroid dienone is 3. The molecule has 1 aromatic heterocycles. The van der Waals surface area contributed by atoms with E-state index in [4.69, 9.17) is 16.0 Å². The summed E-state index contributed by atoms with van der Waals surface area (Å²) in [5, 5.41) is 5.74. The Morgan fingerprint density at radius 1 is 1.01 bits per heavy atom. The normalized spacial score (nSPS) is 20.0. The maximum absolute atomic E-state index is 5.74. The monoisotopic (exact) mass is 966 g/mol. The third kappa shape index (κ3) is 14.9. The Hall–Kier alpha value is -3.31. The zero-order chi connectivity index (χ0) is 49.5. The number of fused-ring (bicyclic) bond motifs is 3. The number of nitrogens with zero attached hydrogens (tertiary/aromatic N) is 3. The number of unbranched alkanes of at least 4 members (excludes halogenated alkanes) is 1. The number of anilines is 1. The lowest BCUT2D eigenvalue weighted by atomic mass is 9.73. The molecule has 2 aromatic carbocycles. The van der Waals surface area contributed by atoms with E-state index in [0.717, 1.165) is 81.7 Å². The highest BCUT2D eigenvalue weighted by atomic mass is 32.2. The molecule has 2 fully saturated rings. The number of hydrogen-bond acceptors (Lipinski definition) is 9. The molecule has 2 bridgehead atoms. The number of hydrazine groups is 1. The van der Waals surface area contributed by atoms with Crippen LogP contribution in [0.4, 0.5) is 5.69 Å². The van der Waals surface area contributed by atoms with Crippen molar-refractivity contribution < 1.29 is 0 Å². The first-order chi connectivity index (χ1) is 32.0. The van der Waals surface area contributed by atoms with Crippen molar-refractivity contribution in [3.05, 3.63) is 131 Å². The van der Waals surface area contributed by atoms with Gasteiger partial charge < -0.3 is 16.0 Å². The SMILES string of the molecule is C=C(SN)C(C(C)C)N(C)C(=C)C12CCC(CC1)C2.C=CCCC(C)(C)CC1c2cc(-c3cc(C)cc(CCC(=C)CCCCNN)c3)ccc2N(CC)C1c1cccnc1C(C)CC.CS.N. The van der Waals surface area contributed by atoms with E-state index in [1.807, 2.05) is 6.20 Å². The zero-order valence-electron chi connectivity index (χ0n) is 44.4. The van der Waals surface area contributed by atoms with Crippen molar-refractivity contribution in [3.8, 4) is 11.1 Å². The molecule has 2 saturated carbocycles. The fourth-order valence-corrected chi connectivity index (χ4v) is 12.3. The van der Waals surface area contributed by atoms with Gasteiger partial charge in [0.05, 0.1) is 12.1 Å². The van der Waals surface area contributed by atoms with Gasteiger partial charge in [-0.2, -0.15) is 12.6 Å². The van der Waals surface area contributed by atoms with Crippen molar-refractivity contribution in [1.29, 1.82) is 0 Å². The number of hydrogen-bond donors (Lipinski definition) is 5. The molecule has 378 valence electrons. The molecule has 4 atom stereocenters. The van der Waals surface area contributed by atoms with Gasteiger partial charge in [-0.15, -0.1) is 6.58 Å². The van der Waals surface area contributed by atoms with Gasteiger partial charge in [0.2, 0.25) is 0 Å². The van der Waals surface area contributed by atoms with Crippen molar-refractivity contribution in [2.45, 2.75) is 169 Å². The Morgan fingerprint density at radius 2 is 1.72 bits per heavy atom. The third-order valence-corrected chi connectivity index (χ3v) is 16.1. The summed E-state index contributed by atoms with van der Waals surface area (Å²) < 4.78 is 0. The summed E-state index contributed by atoms with van der Waals surface area (Å²) >= 11 is 4.82. The lowest BCUT2D eigenvalue weighted by Crippen LogP contribution is -2.40. The molecule has 2 heterocycles. The predicted octanol–water partition coefficient (Wildman–Crippen LogP) is 15.6. The number of nitrogens with two attached hydrogens (primary N) is 2. The number of thiol groups is 1. The molecule has 4 unspecified atom stereocenters. The van der Waals surface area contributed by atoms with E-state index in [2.05, 4.69) is 171 Å². The van der Waals surface area contributed by atoms with Gasteiger partial charge in [-0.1, -0.05) is 121 Å². The molecule has 3 aromatic rings. The smallest absolute Gasteiger partial charge is 0.0629 e. The highest BCUT2D eigenvalue weighted by Gasteiger charge is 2.48. The molecule has 9 heteroatoms. The molecule has 3 aliphatic rings. The molecule has 6 rings (SSSR count). The lowest BCUT2D eigenvalue weighted by molar-refractivity contribution is 0.203. The van der Waals surface area contributed by atoms with Gasteiger partial charge in [-0.05, 0) is 179 Å². The van der Waals surface area contributed by atoms with Crippen molar-refractivity contribution in [2.24, 2.45) is 33.6 Å². The van der Waals surface area contributed by atoms with E-state index in [-0.39, 0.29) is 23.6 Å². The first-order valence-electron chi connectivity index (χ1n) is 25.6. The summed E-state index contributed by atoms with van der Waals surface area (Å²) in [6, 6.07) is 19.5. The second kappa shape index (κ2) is 27.9. The van der Waals surface area contributed by atoms with Crippen LogP contribution >= 0.6 is 24.6 Å². The predicted molar refractivity (Wildman–Crippen MR) is 305 cm³/mol. The molecule has 7 nitrogen and oxygen atoms in total. The average Bonchev–Trinajstić information content (AvgIpc) is 4.04. The first-order valence-corrected chi connectivity index (χ1v) is 27.4. The Morgan fingerprint density at radius 3 is 2.31 bits per heavy atom. The van der Waals surface area contributed by atoms with Gasteiger partial charge in [0.15, 0.2) is 0 Å². The fraction of sp³-hybridized carbons (Fsp3) is 0.576. The van der Waals surface area contributed by atoms with Gasteiger partial charge in [0.1, 0.15) is 0 Å². The van der Waals surface area contributed by atoms with Gasteiger partial charge >= 0.3 is 0 Å². The molecule has 0 spiro atoms. The number of pyridine rings is 1. The average molecular weight is 967 g/mol. The minimum absolute atomic E-state index is 0. The van der Waals surface area contributed by atoms with Gasteiger partial charge in [0.25, 0.3) is 0 Å². The lowest BCUT2D eigenvalue weighted by Gasteiger charge is -2.42. The number of rotatable bonds is 24. The Balaban J connectivity index is 0.000000464. The van der Waals surface area contributed by atoms with Crippen LogP contribution in [0.15, 0.2) is 103 Å². The van der Waals surface area contributed by atoms with Crippen molar-refractivity contribution >= 4 is 30.3 Å². The van der Waals surface area contributed by atoms with Crippen LogP contribution in [-0.4, -0.2) is 42.3 Å². The number of aromatic nitrogens is 1. The largest absolute Gasteiger partial charge is 0.370 e. The van der Waals surface area contributed by atoms with E-state index in [1.165, 1.54) is 100 Å². The van der Waals surface area contributed by atoms with Gasteiger partial charge in [-0.3, -0.25) is 21.4 Å². The molecule has 1 aliphatic heterocycles. The van der Waals surface area contributed by atoms with E-state index in [0.29, 0.717) is 23.2 Å². The molecular weight excluding hydrogens is 871 g/mol. The standard InChI is InChI=1S/C42H60N4.C16H28N2S.CH4S.H3N/c1-9-12-22-42(7,8)29-38-37-28-34(35-26-31(5)25-33(27-35)19-18-30(4)16-13-14-24-45-43)20-21-39(37)46(11-3)41(38)36-17-15-23-44-40(36)32(6)10-2;1-11(2)15(12(3)19-17)18(5)13(4)16-8-6-14(10-16)7-9-16;1-2;/h9,15,17,20-21,23,25-28,32,38,41,45H,1,4,10-14,16,18-19,22,24,29,43H2,2-3,5-8H3;11,14-15H,3-4,6-10,17H2,1-2,5H3;2H,1H3;1H3. The number of nitrogens with one attached hydrogen (secondary N) is 1. The van der Waals surface area contributed by atoms with E-state index < -0.39 is 0 Å². The van der Waals surface area contributed by atoms with Crippen molar-refractivity contribution in [2.75, 3.05) is 31.3 Å². The Labute approximate surface area is 426 Å². The van der Waals surface area contributed by atoms with Gasteiger partial charge in [-0.25, -0.2) is 0 Å². The van der Waals surface area contributed by atoms with Crippen LogP contribution in [-0.2, 0) is 6.42 Å². The van der Waals surface area contributed by atoms with Crippen molar-refractivity contribution in [1.82, 2.24) is 21.5 Å². The number of likely N-dealkylation sites (N-methyl/N-ethyl adjacent to an activating group) is 2. The van der Waals surface area contributed by atoms with Crippen LogP contribution in [0, 0.1) is 29.6 Å². The maximum atomic E-state index is 5.74.